The molecule has 0 saturated heterocycles. The highest BCUT2D eigenvalue weighted by atomic mass is 19.1. The summed E-state index contributed by atoms with van der Waals surface area (Å²) in [6, 6.07) is 11.3. The number of aromatic nitrogens is 5. The fourth-order valence-corrected chi connectivity index (χ4v) is 4.88. The topological polar surface area (TPSA) is 182 Å². The number of rotatable bonds is 10. The number of pyridine rings is 2. The Hall–Kier alpha value is -5.11. The number of aryl methyl sites for hydroxylation is 1. The average molecular weight is 576 g/mol. The molecule has 14 heteroatoms. The quantitative estimate of drug-likeness (QED) is 0.188. The van der Waals surface area contributed by atoms with Crippen LogP contribution in [0.3, 0.4) is 0 Å². The molecule has 13 nitrogen and oxygen atoms in total. The Labute approximate surface area is 240 Å². The van der Waals surface area contributed by atoms with Gasteiger partial charge >= 0.3 is 6.09 Å². The van der Waals surface area contributed by atoms with E-state index in [9.17, 15) is 14.7 Å². The molecule has 1 aliphatic carbocycles. The van der Waals surface area contributed by atoms with Crippen molar-refractivity contribution < 1.29 is 23.8 Å². The number of benzene rings is 1. The minimum Gasteiger partial charge on any atom is -0.465 e. The number of amides is 2. The maximum Gasteiger partial charge on any atom is 0.404 e. The standard InChI is InChI=1S/C28H30FN9O4/c1-16-24(38-32-9-10-33-38)11-18(14-31-16)34-26-20(25(30)39)13-21(29)27(37-26)35-22-8-7-19(12-23(22)36-28(40)41)42-15-17-5-3-2-4-6-17/h2-6,9-11,13-14,19,22-23,36H,7-8,12,15H2,1H3,(H2,30,39)(H,40,41)(H2,34,35,37). The number of carbonyl (C=O) groups is 2. The molecule has 5 rings (SSSR count). The summed E-state index contributed by atoms with van der Waals surface area (Å²) >= 11 is 0. The van der Waals surface area contributed by atoms with E-state index in [0.717, 1.165) is 11.6 Å². The smallest absolute Gasteiger partial charge is 0.404 e. The number of carboxylic acid groups (broad SMARTS) is 1. The lowest BCUT2D eigenvalue weighted by Crippen LogP contribution is -2.51. The van der Waals surface area contributed by atoms with Crippen LogP contribution in [0.2, 0.25) is 0 Å². The van der Waals surface area contributed by atoms with Crippen LogP contribution in [0, 0.1) is 12.7 Å². The number of nitrogens with one attached hydrogen (secondary N) is 3. The van der Waals surface area contributed by atoms with Crippen molar-refractivity contribution in [2.75, 3.05) is 10.6 Å². The number of nitrogens with zero attached hydrogens (tertiary/aromatic N) is 5. The number of ether oxygens (including phenoxy) is 1. The first kappa shape index (κ1) is 28.4. The Bertz CT molecular complexity index is 1550. The summed E-state index contributed by atoms with van der Waals surface area (Å²) in [4.78, 5) is 33.8. The maximum absolute atomic E-state index is 15.2. The van der Waals surface area contributed by atoms with Gasteiger partial charge in [0.05, 0.1) is 54.3 Å². The molecular weight excluding hydrogens is 545 g/mol. The molecule has 42 heavy (non-hydrogen) atoms. The van der Waals surface area contributed by atoms with Gasteiger partial charge in [0.2, 0.25) is 0 Å². The zero-order valence-electron chi connectivity index (χ0n) is 22.7. The molecule has 6 N–H and O–H groups in total. The number of anilines is 3. The number of hydrogen-bond acceptors (Lipinski definition) is 9. The molecule has 3 heterocycles. The second-order valence-electron chi connectivity index (χ2n) is 9.89. The number of halogens is 1. The first-order chi connectivity index (χ1) is 20.3. The SMILES string of the molecule is Cc1ncc(Nc2nc(NC3CCC(OCc4ccccc4)CC3NC(=O)O)c(F)cc2C(N)=O)cc1-n1nccn1. The van der Waals surface area contributed by atoms with Crippen LogP contribution in [0.15, 0.2) is 61.1 Å². The summed E-state index contributed by atoms with van der Waals surface area (Å²) in [5, 5.41) is 26.3. The van der Waals surface area contributed by atoms with E-state index in [1.165, 1.54) is 23.4 Å². The van der Waals surface area contributed by atoms with E-state index in [4.69, 9.17) is 10.5 Å². The second kappa shape index (κ2) is 12.6. The van der Waals surface area contributed by atoms with Crippen LogP contribution in [0.5, 0.6) is 0 Å². The predicted octanol–water partition coefficient (Wildman–Crippen LogP) is 3.53. The van der Waals surface area contributed by atoms with Gasteiger partial charge < -0.3 is 31.5 Å². The average Bonchev–Trinajstić information content (AvgIpc) is 3.51. The Balaban J connectivity index is 1.35. The third kappa shape index (κ3) is 6.78. The van der Waals surface area contributed by atoms with Crippen LogP contribution >= 0.6 is 0 Å². The summed E-state index contributed by atoms with van der Waals surface area (Å²) in [7, 11) is 0. The van der Waals surface area contributed by atoms with E-state index in [-0.39, 0.29) is 23.3 Å². The minimum absolute atomic E-state index is 0.000878. The van der Waals surface area contributed by atoms with Crippen LogP contribution in [-0.2, 0) is 11.3 Å². The highest BCUT2D eigenvalue weighted by Gasteiger charge is 2.33. The van der Waals surface area contributed by atoms with Gasteiger partial charge in [-0.15, -0.1) is 4.80 Å². The summed E-state index contributed by atoms with van der Waals surface area (Å²) < 4.78 is 21.3. The molecule has 1 saturated carbocycles. The van der Waals surface area contributed by atoms with Crippen LogP contribution in [0.4, 0.5) is 26.5 Å². The number of carbonyl (C=O) groups excluding carboxylic acids is 1. The Morgan fingerprint density at radius 2 is 1.88 bits per heavy atom. The van der Waals surface area contributed by atoms with Gasteiger partial charge in [0, 0.05) is 6.04 Å². The molecule has 1 aliphatic rings. The molecule has 3 atom stereocenters. The molecule has 3 aromatic heterocycles. The third-order valence-electron chi connectivity index (χ3n) is 6.96. The molecule has 4 aromatic rings. The first-order valence-electron chi connectivity index (χ1n) is 13.3. The summed E-state index contributed by atoms with van der Waals surface area (Å²) in [5.41, 5.74) is 8.04. The van der Waals surface area contributed by atoms with E-state index in [1.807, 2.05) is 30.3 Å². The van der Waals surface area contributed by atoms with Crippen molar-refractivity contribution in [3.63, 3.8) is 0 Å². The van der Waals surface area contributed by atoms with Crippen molar-refractivity contribution in [2.24, 2.45) is 5.73 Å². The summed E-state index contributed by atoms with van der Waals surface area (Å²) in [5.74, 6) is -1.86. The fourth-order valence-electron chi connectivity index (χ4n) is 4.88. The van der Waals surface area contributed by atoms with Crippen LogP contribution < -0.4 is 21.7 Å². The van der Waals surface area contributed by atoms with Crippen molar-refractivity contribution in [1.29, 1.82) is 0 Å². The molecule has 0 bridgehead atoms. The van der Waals surface area contributed by atoms with Crippen LogP contribution in [-0.4, -0.2) is 60.3 Å². The number of primary amides is 1. The molecule has 1 fully saturated rings. The summed E-state index contributed by atoms with van der Waals surface area (Å²) in [6.07, 6.45) is 4.65. The van der Waals surface area contributed by atoms with Crippen molar-refractivity contribution >= 4 is 29.3 Å². The molecule has 0 spiro atoms. The lowest BCUT2D eigenvalue weighted by molar-refractivity contribution is 0.00650. The van der Waals surface area contributed by atoms with Gasteiger partial charge in [0.1, 0.15) is 11.5 Å². The van der Waals surface area contributed by atoms with Crippen LogP contribution in [0.1, 0.15) is 40.9 Å². The second-order valence-corrected chi connectivity index (χ2v) is 9.89. The molecule has 218 valence electrons. The van der Waals surface area contributed by atoms with E-state index >= 15 is 4.39 Å². The monoisotopic (exact) mass is 575 g/mol. The van der Waals surface area contributed by atoms with E-state index in [0.29, 0.717) is 42.9 Å². The zero-order valence-corrected chi connectivity index (χ0v) is 22.7. The van der Waals surface area contributed by atoms with Crippen LogP contribution in [0.25, 0.3) is 5.69 Å². The van der Waals surface area contributed by atoms with Crippen molar-refractivity contribution in [3.8, 4) is 5.69 Å². The maximum atomic E-state index is 15.2. The molecular formula is C28H30FN9O4. The minimum atomic E-state index is -1.20. The zero-order chi connectivity index (χ0) is 29.6. The van der Waals surface area contributed by atoms with Crippen molar-refractivity contribution in [2.45, 2.75) is 51.0 Å². The van der Waals surface area contributed by atoms with Gasteiger partial charge in [-0.1, -0.05) is 30.3 Å². The molecule has 0 radical (unpaired) electrons. The van der Waals surface area contributed by atoms with Gasteiger partial charge in [-0.05, 0) is 43.9 Å². The number of hydrogen-bond donors (Lipinski definition) is 5. The lowest BCUT2D eigenvalue weighted by Gasteiger charge is -2.36. The van der Waals surface area contributed by atoms with Gasteiger partial charge in [-0.25, -0.2) is 14.2 Å². The molecule has 0 aliphatic heterocycles. The van der Waals surface area contributed by atoms with E-state index in [1.54, 1.807) is 13.0 Å². The Morgan fingerprint density at radius 3 is 2.60 bits per heavy atom. The number of nitrogens with two attached hydrogens (primary N) is 1. The van der Waals surface area contributed by atoms with Gasteiger partial charge in [0.15, 0.2) is 11.6 Å². The largest absolute Gasteiger partial charge is 0.465 e. The van der Waals surface area contributed by atoms with Gasteiger partial charge in [-0.3, -0.25) is 9.78 Å². The Morgan fingerprint density at radius 1 is 1.12 bits per heavy atom. The highest BCUT2D eigenvalue weighted by Crippen LogP contribution is 2.29. The molecule has 2 amide bonds. The lowest BCUT2D eigenvalue weighted by atomic mass is 9.88. The molecule has 3 unspecified atom stereocenters. The van der Waals surface area contributed by atoms with E-state index in [2.05, 4.69) is 36.1 Å². The normalized spacial score (nSPS) is 18.3. The van der Waals surface area contributed by atoms with E-state index < -0.39 is 29.9 Å². The fraction of sp³-hybridized carbons (Fsp3) is 0.286. The highest BCUT2D eigenvalue weighted by molar-refractivity contribution is 5.98. The van der Waals surface area contributed by atoms with Crippen molar-refractivity contribution in [3.05, 3.63) is 83.7 Å². The predicted molar refractivity (Wildman–Crippen MR) is 151 cm³/mol. The van der Waals surface area contributed by atoms with Gasteiger partial charge in [-0.2, -0.15) is 10.2 Å². The third-order valence-corrected chi connectivity index (χ3v) is 6.96. The summed E-state index contributed by atoms with van der Waals surface area (Å²) in [6.45, 7) is 2.19. The van der Waals surface area contributed by atoms with Crippen molar-refractivity contribution in [1.82, 2.24) is 30.3 Å². The van der Waals surface area contributed by atoms with Gasteiger partial charge in [0.25, 0.3) is 5.91 Å². The Kier molecular flexibility index (Phi) is 8.52. The first-order valence-corrected chi connectivity index (χ1v) is 13.3. The molecule has 1 aromatic carbocycles.